The van der Waals surface area contributed by atoms with Crippen molar-refractivity contribution in [2.45, 2.75) is 45.8 Å². The Bertz CT molecular complexity index is 676. The Morgan fingerprint density at radius 2 is 2.12 bits per heavy atom. The molecule has 1 aliphatic carbocycles. The quantitative estimate of drug-likeness (QED) is 0.468. The van der Waals surface area contributed by atoms with Gasteiger partial charge in [0, 0.05) is 23.3 Å². The van der Waals surface area contributed by atoms with Crippen LogP contribution in [-0.4, -0.2) is 41.6 Å². The van der Waals surface area contributed by atoms with Crippen LogP contribution in [0.15, 0.2) is 36.5 Å². The highest BCUT2D eigenvalue weighted by Crippen LogP contribution is 2.44. The number of fused-ring (bicyclic) bond motifs is 1. The average molecular weight is 362 g/mol. The third-order valence-corrected chi connectivity index (χ3v) is 5.44. The van der Waals surface area contributed by atoms with Gasteiger partial charge < -0.3 is 14.6 Å². The van der Waals surface area contributed by atoms with Crippen molar-refractivity contribution >= 4 is 17.7 Å². The van der Waals surface area contributed by atoms with Crippen LogP contribution in [0.3, 0.4) is 0 Å². The molecule has 1 saturated heterocycles. The summed E-state index contributed by atoms with van der Waals surface area (Å²) in [5, 5.41) is 9.30. The highest BCUT2D eigenvalue weighted by Gasteiger charge is 2.51. The van der Waals surface area contributed by atoms with Crippen molar-refractivity contribution < 1.29 is 29.0 Å². The zero-order valence-electron chi connectivity index (χ0n) is 15.5. The molecule has 1 N–H and O–H groups in total. The molecule has 0 aromatic heterocycles. The van der Waals surface area contributed by atoms with Gasteiger partial charge in [0.05, 0.1) is 18.1 Å². The van der Waals surface area contributed by atoms with Gasteiger partial charge in [0.15, 0.2) is 0 Å². The Morgan fingerprint density at radius 1 is 1.46 bits per heavy atom. The second kappa shape index (κ2) is 7.58. The van der Waals surface area contributed by atoms with E-state index in [4.69, 9.17) is 9.47 Å². The topological polar surface area (TPSA) is 89.9 Å². The molecule has 0 spiro atoms. The fourth-order valence-electron chi connectivity index (χ4n) is 3.76. The highest BCUT2D eigenvalue weighted by atomic mass is 16.6. The van der Waals surface area contributed by atoms with E-state index in [1.165, 1.54) is 6.08 Å². The SMILES string of the molecule is C=C[C@@]1(C)C[C@@H](OC(=O)/C(=C/C)CO)[C@H]2C(=C)C(=O)O[C@@H]2C[C@@H](C)C1=O. The summed E-state index contributed by atoms with van der Waals surface area (Å²) in [5.41, 5.74) is -0.553. The van der Waals surface area contributed by atoms with Crippen molar-refractivity contribution in [2.24, 2.45) is 17.3 Å². The number of Topliss-reactive ketones (excluding diaryl/α,β-unsaturated/α-hetero) is 1. The Hall–Kier alpha value is -2.21. The zero-order valence-corrected chi connectivity index (χ0v) is 15.5. The summed E-state index contributed by atoms with van der Waals surface area (Å²) in [4.78, 5) is 37.3. The van der Waals surface area contributed by atoms with Gasteiger partial charge in [-0.15, -0.1) is 6.58 Å². The molecule has 0 aromatic rings. The molecule has 0 amide bonds. The summed E-state index contributed by atoms with van der Waals surface area (Å²) >= 11 is 0. The molecule has 2 aliphatic rings. The molecular weight excluding hydrogens is 336 g/mol. The predicted molar refractivity (Wildman–Crippen MR) is 94.9 cm³/mol. The number of rotatable bonds is 4. The summed E-state index contributed by atoms with van der Waals surface area (Å²) in [6.45, 7) is 12.3. The molecule has 142 valence electrons. The van der Waals surface area contributed by atoms with Crippen LogP contribution in [0.1, 0.15) is 33.6 Å². The molecule has 6 nitrogen and oxygen atoms in total. The van der Waals surface area contributed by atoms with Crippen LogP contribution in [0, 0.1) is 17.3 Å². The number of hydrogen-bond donors (Lipinski definition) is 1. The molecule has 2 fully saturated rings. The number of aliphatic hydroxyl groups excluding tert-OH is 1. The van der Waals surface area contributed by atoms with E-state index in [2.05, 4.69) is 13.2 Å². The van der Waals surface area contributed by atoms with Gasteiger partial charge >= 0.3 is 11.9 Å². The summed E-state index contributed by atoms with van der Waals surface area (Å²) in [7, 11) is 0. The van der Waals surface area contributed by atoms with E-state index in [0.717, 1.165) is 0 Å². The first kappa shape index (κ1) is 20.1. The lowest BCUT2D eigenvalue weighted by atomic mass is 9.68. The van der Waals surface area contributed by atoms with Gasteiger partial charge in [-0.05, 0) is 20.3 Å². The van der Waals surface area contributed by atoms with Crippen LogP contribution in [0.4, 0.5) is 0 Å². The van der Waals surface area contributed by atoms with Gasteiger partial charge in [-0.2, -0.15) is 0 Å². The van der Waals surface area contributed by atoms with E-state index in [-0.39, 0.29) is 29.3 Å². The molecule has 1 aliphatic heterocycles. The van der Waals surface area contributed by atoms with Crippen LogP contribution in [0.2, 0.25) is 0 Å². The maximum atomic E-state index is 12.9. The number of esters is 2. The van der Waals surface area contributed by atoms with Gasteiger partial charge in [0.1, 0.15) is 18.0 Å². The van der Waals surface area contributed by atoms with Crippen molar-refractivity contribution in [3.63, 3.8) is 0 Å². The standard InChI is InChI=1S/C20H26O6/c1-6-13(10-21)19(24)26-15-9-20(5,7-2)17(22)11(3)8-14-16(15)12(4)18(23)25-14/h6-7,11,14-16,21H,2,4,8-10H2,1,3,5H3/b13-6+/t11-,14-,15-,16+,20+/m1/s1. The van der Waals surface area contributed by atoms with E-state index < -0.39 is 42.1 Å². The molecule has 0 bridgehead atoms. The van der Waals surface area contributed by atoms with Gasteiger partial charge in [0.2, 0.25) is 0 Å². The van der Waals surface area contributed by atoms with Gasteiger partial charge in [-0.1, -0.05) is 25.7 Å². The Labute approximate surface area is 153 Å². The smallest absolute Gasteiger partial charge is 0.336 e. The number of ether oxygens (including phenoxy) is 2. The van der Waals surface area contributed by atoms with Crippen LogP contribution < -0.4 is 0 Å². The minimum absolute atomic E-state index is 0.0334. The van der Waals surface area contributed by atoms with E-state index in [9.17, 15) is 19.5 Å². The molecule has 2 rings (SSSR count). The normalized spacial score (nSPS) is 35.2. The van der Waals surface area contributed by atoms with Gasteiger partial charge in [0.25, 0.3) is 0 Å². The van der Waals surface area contributed by atoms with Gasteiger partial charge in [-0.3, -0.25) is 4.79 Å². The first-order valence-corrected chi connectivity index (χ1v) is 8.73. The Balaban J connectivity index is 2.43. The number of aliphatic hydroxyl groups is 1. The lowest BCUT2D eigenvalue weighted by Gasteiger charge is -2.38. The third-order valence-electron chi connectivity index (χ3n) is 5.44. The molecule has 1 saturated carbocycles. The fraction of sp³-hybridized carbons (Fsp3) is 0.550. The van der Waals surface area contributed by atoms with E-state index >= 15 is 0 Å². The largest absolute Gasteiger partial charge is 0.458 e. The van der Waals surface area contributed by atoms with Crippen molar-refractivity contribution in [2.75, 3.05) is 6.61 Å². The summed E-state index contributed by atoms with van der Waals surface area (Å²) in [6.07, 6.45) is 2.19. The monoisotopic (exact) mass is 362 g/mol. The third kappa shape index (κ3) is 3.51. The average Bonchev–Trinajstić information content (AvgIpc) is 2.87. The van der Waals surface area contributed by atoms with Crippen molar-refractivity contribution in [3.05, 3.63) is 36.5 Å². The lowest BCUT2D eigenvalue weighted by Crippen LogP contribution is -2.45. The van der Waals surface area contributed by atoms with Crippen molar-refractivity contribution in [3.8, 4) is 0 Å². The second-order valence-electron chi connectivity index (χ2n) is 7.24. The Kier molecular flexibility index (Phi) is 5.86. The first-order valence-electron chi connectivity index (χ1n) is 8.73. The van der Waals surface area contributed by atoms with E-state index in [1.54, 1.807) is 26.8 Å². The molecular formula is C20H26O6. The van der Waals surface area contributed by atoms with Crippen molar-refractivity contribution in [1.82, 2.24) is 0 Å². The Morgan fingerprint density at radius 3 is 2.65 bits per heavy atom. The summed E-state index contributed by atoms with van der Waals surface area (Å²) in [6, 6.07) is 0. The molecule has 6 heteroatoms. The van der Waals surface area contributed by atoms with Crippen LogP contribution in [0.25, 0.3) is 0 Å². The molecule has 5 atom stereocenters. The second-order valence-corrected chi connectivity index (χ2v) is 7.24. The van der Waals surface area contributed by atoms with Crippen molar-refractivity contribution in [1.29, 1.82) is 0 Å². The molecule has 0 unspecified atom stereocenters. The number of carbonyl (C=O) groups is 3. The molecule has 0 radical (unpaired) electrons. The molecule has 0 aromatic carbocycles. The number of ketones is 1. The first-order chi connectivity index (χ1) is 12.2. The fourth-order valence-corrected chi connectivity index (χ4v) is 3.76. The van der Waals surface area contributed by atoms with Crippen LogP contribution in [0.5, 0.6) is 0 Å². The zero-order chi connectivity index (χ0) is 19.6. The lowest BCUT2D eigenvalue weighted by molar-refractivity contribution is -0.155. The number of hydrogen-bond acceptors (Lipinski definition) is 6. The maximum Gasteiger partial charge on any atom is 0.336 e. The van der Waals surface area contributed by atoms with Crippen LogP contribution in [-0.2, 0) is 23.9 Å². The number of carbonyl (C=O) groups excluding carboxylic acids is 3. The molecule has 26 heavy (non-hydrogen) atoms. The van der Waals surface area contributed by atoms with Crippen LogP contribution >= 0.6 is 0 Å². The summed E-state index contributed by atoms with van der Waals surface area (Å²) in [5.74, 6) is -2.11. The van der Waals surface area contributed by atoms with Gasteiger partial charge in [-0.25, -0.2) is 9.59 Å². The predicted octanol–water partition coefficient (Wildman–Crippen LogP) is 2.13. The van der Waals surface area contributed by atoms with E-state index in [0.29, 0.717) is 6.42 Å². The van der Waals surface area contributed by atoms with E-state index in [1.807, 2.05) is 0 Å². The number of allylic oxidation sites excluding steroid dienone is 2. The minimum atomic E-state index is -0.906. The minimum Gasteiger partial charge on any atom is -0.458 e. The molecule has 1 heterocycles. The summed E-state index contributed by atoms with van der Waals surface area (Å²) < 4.78 is 11.0. The maximum absolute atomic E-state index is 12.9. The highest BCUT2D eigenvalue weighted by molar-refractivity contribution is 5.93.